The summed E-state index contributed by atoms with van der Waals surface area (Å²) < 4.78 is 1.96. The van der Waals surface area contributed by atoms with Crippen molar-refractivity contribution in [1.82, 2.24) is 9.78 Å². The Morgan fingerprint density at radius 3 is 2.63 bits per heavy atom. The van der Waals surface area contributed by atoms with Gasteiger partial charge in [0.1, 0.15) is 0 Å². The summed E-state index contributed by atoms with van der Waals surface area (Å²) in [5.74, 6) is 4.49. The normalized spacial score (nSPS) is 47.4. The van der Waals surface area contributed by atoms with Crippen molar-refractivity contribution >= 4 is 0 Å². The molecule has 4 heteroatoms. The molecule has 1 aromatic rings. The van der Waals surface area contributed by atoms with E-state index in [4.69, 9.17) is 0 Å². The standard InChI is InChI=1S/C26H39N3O/c1-24(16-27,17-29-14-4-13-28-29)23-8-7-22-21-6-5-18-15-25(2,30)11-9-19(18)20(21)10-12-26(22,23)3/h4,13-14,18-23,30H,5-12,15,17H2,1-3H3/t18-,19+,20-,21-,22+,23-,24-,25-,26+/m1/s1. The molecule has 164 valence electrons. The number of hydrogen-bond donors (Lipinski definition) is 1. The third-order valence-corrected chi connectivity index (χ3v) is 10.3. The van der Waals surface area contributed by atoms with Gasteiger partial charge in [0.15, 0.2) is 0 Å². The number of nitrogens with zero attached hydrogens (tertiary/aromatic N) is 3. The molecule has 0 saturated heterocycles. The monoisotopic (exact) mass is 409 g/mol. The van der Waals surface area contributed by atoms with Crippen LogP contribution in [0.15, 0.2) is 18.5 Å². The second kappa shape index (κ2) is 7.09. The number of fused-ring (bicyclic) bond motifs is 5. The second-order valence-electron chi connectivity index (χ2n) is 12.1. The Kier molecular flexibility index (Phi) is 4.86. The fraction of sp³-hybridized carbons (Fsp3) is 0.846. The molecule has 0 aromatic carbocycles. The number of rotatable bonds is 3. The minimum absolute atomic E-state index is 0.284. The quantitative estimate of drug-likeness (QED) is 0.724. The van der Waals surface area contributed by atoms with Crippen LogP contribution >= 0.6 is 0 Å². The Hall–Kier alpha value is -1.34. The summed E-state index contributed by atoms with van der Waals surface area (Å²) >= 11 is 0. The van der Waals surface area contributed by atoms with Crippen LogP contribution in [-0.2, 0) is 6.54 Å². The highest BCUT2D eigenvalue weighted by Crippen LogP contribution is 2.67. The van der Waals surface area contributed by atoms with Gasteiger partial charge in [-0.25, -0.2) is 0 Å². The average Bonchev–Trinajstić information content (AvgIpc) is 3.33. The fourth-order valence-electron chi connectivity index (χ4n) is 9.08. The van der Waals surface area contributed by atoms with E-state index in [1.54, 1.807) is 0 Å². The molecule has 4 nitrogen and oxygen atoms in total. The third-order valence-electron chi connectivity index (χ3n) is 10.3. The smallest absolute Gasteiger partial charge is 0.0774 e. The average molecular weight is 410 g/mol. The van der Waals surface area contributed by atoms with Crippen LogP contribution in [0.2, 0.25) is 0 Å². The number of aromatic nitrogens is 2. The SMILES string of the molecule is C[C@@]1(O)CC[C@H]2[C@H](CC[C@@H]3[C@@H]2CC[C@@]2(C)[C@H]3CC[C@@H]2[C@](C)(C#N)Cn2cccn2)C1. The molecule has 30 heavy (non-hydrogen) atoms. The molecule has 0 bridgehead atoms. The Labute approximate surface area is 182 Å². The zero-order valence-electron chi connectivity index (χ0n) is 19.1. The summed E-state index contributed by atoms with van der Waals surface area (Å²) in [6.45, 7) is 7.48. The first-order valence-electron chi connectivity index (χ1n) is 12.4. The van der Waals surface area contributed by atoms with Gasteiger partial charge in [-0.2, -0.15) is 10.4 Å². The Bertz CT molecular complexity index is 811. The van der Waals surface area contributed by atoms with E-state index in [1.165, 1.54) is 44.9 Å². The van der Waals surface area contributed by atoms with Gasteiger partial charge in [0.05, 0.1) is 23.6 Å². The Morgan fingerprint density at radius 2 is 1.90 bits per heavy atom. The molecule has 0 unspecified atom stereocenters. The molecular formula is C26H39N3O. The zero-order chi connectivity index (χ0) is 21.1. The van der Waals surface area contributed by atoms with Crippen LogP contribution in [0.1, 0.15) is 78.6 Å². The Balaban J connectivity index is 1.37. The predicted molar refractivity (Wildman–Crippen MR) is 117 cm³/mol. The molecule has 5 rings (SSSR count). The van der Waals surface area contributed by atoms with Crippen LogP contribution in [0.25, 0.3) is 0 Å². The first kappa shape index (κ1) is 20.6. The second-order valence-corrected chi connectivity index (χ2v) is 12.1. The summed E-state index contributed by atoms with van der Waals surface area (Å²) in [7, 11) is 0. The van der Waals surface area contributed by atoms with Gasteiger partial charge in [-0.3, -0.25) is 4.68 Å². The molecule has 9 atom stereocenters. The summed E-state index contributed by atoms with van der Waals surface area (Å²) in [5, 5.41) is 25.3. The summed E-state index contributed by atoms with van der Waals surface area (Å²) in [5.41, 5.74) is -0.508. The van der Waals surface area contributed by atoms with Crippen LogP contribution in [-0.4, -0.2) is 20.5 Å². The molecule has 1 N–H and O–H groups in total. The zero-order valence-corrected chi connectivity index (χ0v) is 19.1. The van der Waals surface area contributed by atoms with Crippen molar-refractivity contribution in [3.63, 3.8) is 0 Å². The number of hydrogen-bond acceptors (Lipinski definition) is 3. The van der Waals surface area contributed by atoms with Crippen LogP contribution in [0.4, 0.5) is 0 Å². The van der Waals surface area contributed by atoms with E-state index in [1.807, 2.05) is 23.1 Å². The van der Waals surface area contributed by atoms with Gasteiger partial charge in [0, 0.05) is 12.4 Å². The molecule has 0 radical (unpaired) electrons. The lowest BCUT2D eigenvalue weighted by Crippen LogP contribution is -2.52. The van der Waals surface area contributed by atoms with Gasteiger partial charge in [-0.1, -0.05) is 6.92 Å². The predicted octanol–water partition coefficient (Wildman–Crippen LogP) is 5.43. The molecule has 4 saturated carbocycles. The lowest BCUT2D eigenvalue weighted by molar-refractivity contribution is -0.106. The molecule has 4 fully saturated rings. The van der Waals surface area contributed by atoms with Crippen molar-refractivity contribution in [3.8, 4) is 6.07 Å². The lowest BCUT2D eigenvalue weighted by atomic mass is 9.47. The van der Waals surface area contributed by atoms with Crippen molar-refractivity contribution < 1.29 is 5.11 Å². The van der Waals surface area contributed by atoms with E-state index in [9.17, 15) is 10.4 Å². The number of aliphatic hydroxyl groups is 1. The van der Waals surface area contributed by atoms with Gasteiger partial charge >= 0.3 is 0 Å². The molecule has 0 aliphatic heterocycles. The molecule has 0 amide bonds. The minimum atomic E-state index is -0.434. The van der Waals surface area contributed by atoms with E-state index in [2.05, 4.69) is 31.9 Å². The molecule has 0 spiro atoms. The maximum atomic E-state index is 10.6. The van der Waals surface area contributed by atoms with Crippen LogP contribution < -0.4 is 0 Å². The van der Waals surface area contributed by atoms with E-state index >= 15 is 0 Å². The maximum Gasteiger partial charge on any atom is 0.0774 e. The highest BCUT2D eigenvalue weighted by atomic mass is 16.3. The van der Waals surface area contributed by atoms with Crippen LogP contribution in [0.5, 0.6) is 0 Å². The Morgan fingerprint density at radius 1 is 1.10 bits per heavy atom. The number of nitriles is 1. The van der Waals surface area contributed by atoms with Crippen LogP contribution in [0, 0.1) is 57.7 Å². The minimum Gasteiger partial charge on any atom is -0.390 e. The molecule has 1 aromatic heterocycles. The van der Waals surface area contributed by atoms with Crippen molar-refractivity contribution in [3.05, 3.63) is 18.5 Å². The van der Waals surface area contributed by atoms with Crippen molar-refractivity contribution in [2.75, 3.05) is 0 Å². The van der Waals surface area contributed by atoms with Crippen LogP contribution in [0.3, 0.4) is 0 Å². The highest BCUT2D eigenvalue weighted by Gasteiger charge is 2.60. The maximum absolute atomic E-state index is 10.6. The largest absolute Gasteiger partial charge is 0.390 e. The summed E-state index contributed by atoms with van der Waals surface area (Å²) in [6, 6.07) is 4.72. The van der Waals surface area contributed by atoms with Gasteiger partial charge in [0.25, 0.3) is 0 Å². The van der Waals surface area contributed by atoms with E-state index in [0.29, 0.717) is 12.5 Å². The first-order chi connectivity index (χ1) is 14.3. The highest BCUT2D eigenvalue weighted by molar-refractivity contribution is 5.13. The lowest BCUT2D eigenvalue weighted by Gasteiger charge is -2.57. The molecular weight excluding hydrogens is 370 g/mol. The summed E-state index contributed by atoms with van der Waals surface area (Å²) in [6.07, 6.45) is 14.8. The van der Waals surface area contributed by atoms with Gasteiger partial charge in [0.2, 0.25) is 0 Å². The molecule has 1 heterocycles. The van der Waals surface area contributed by atoms with Crippen molar-refractivity contribution in [1.29, 1.82) is 5.26 Å². The van der Waals surface area contributed by atoms with Crippen molar-refractivity contribution in [2.45, 2.75) is 90.7 Å². The first-order valence-corrected chi connectivity index (χ1v) is 12.4. The fourth-order valence-corrected chi connectivity index (χ4v) is 9.08. The van der Waals surface area contributed by atoms with E-state index in [0.717, 1.165) is 42.4 Å². The van der Waals surface area contributed by atoms with E-state index < -0.39 is 5.60 Å². The van der Waals surface area contributed by atoms with Crippen molar-refractivity contribution in [2.24, 2.45) is 46.3 Å². The van der Waals surface area contributed by atoms with Gasteiger partial charge in [-0.15, -0.1) is 0 Å². The topological polar surface area (TPSA) is 61.8 Å². The van der Waals surface area contributed by atoms with Gasteiger partial charge in [-0.05, 0) is 119 Å². The van der Waals surface area contributed by atoms with E-state index in [-0.39, 0.29) is 10.8 Å². The third kappa shape index (κ3) is 3.15. The van der Waals surface area contributed by atoms with Gasteiger partial charge < -0.3 is 5.11 Å². The molecule has 4 aliphatic rings. The molecule has 4 aliphatic carbocycles. The summed E-state index contributed by atoms with van der Waals surface area (Å²) in [4.78, 5) is 0.